The third kappa shape index (κ3) is 4.98. The number of halogens is 1. The molecule has 0 aliphatic carbocycles. The zero-order valence-corrected chi connectivity index (χ0v) is 18.9. The maximum absolute atomic E-state index is 13.7. The smallest absolute Gasteiger partial charge is 0.410 e. The standard InChI is InChI=1S/C23H29FN6O2/c1-15-10-26-21(18-12-25-19-8-7-17(24)14-30(18)19)28-20(15)27-11-16-6-5-9-29(13-16)22(31)32-23(2,3)4/h7-8,10,12,14,16H,5-6,9,11,13H2,1-4H3,(H,26,27,28)/t16-/m1/s1. The summed E-state index contributed by atoms with van der Waals surface area (Å²) in [5.41, 5.74) is 1.66. The summed E-state index contributed by atoms with van der Waals surface area (Å²) in [6, 6.07) is 2.99. The van der Waals surface area contributed by atoms with Crippen molar-refractivity contribution in [2.75, 3.05) is 25.0 Å². The molecule has 32 heavy (non-hydrogen) atoms. The number of hydrogen-bond donors (Lipinski definition) is 1. The number of anilines is 1. The molecule has 0 radical (unpaired) electrons. The van der Waals surface area contributed by atoms with Crippen molar-refractivity contribution in [3.8, 4) is 11.5 Å². The Labute approximate surface area is 186 Å². The van der Waals surface area contributed by atoms with Gasteiger partial charge in [-0.2, -0.15) is 0 Å². The lowest BCUT2D eigenvalue weighted by atomic mass is 9.98. The maximum atomic E-state index is 13.7. The monoisotopic (exact) mass is 440 g/mol. The molecule has 1 saturated heterocycles. The molecule has 1 N–H and O–H groups in total. The van der Waals surface area contributed by atoms with Gasteiger partial charge in [0.05, 0.1) is 6.20 Å². The Bertz CT molecular complexity index is 1120. The van der Waals surface area contributed by atoms with Crippen molar-refractivity contribution in [1.82, 2.24) is 24.3 Å². The van der Waals surface area contributed by atoms with Gasteiger partial charge in [0.25, 0.3) is 0 Å². The highest BCUT2D eigenvalue weighted by Crippen LogP contribution is 2.23. The van der Waals surface area contributed by atoms with Crippen molar-refractivity contribution in [3.63, 3.8) is 0 Å². The minimum atomic E-state index is -0.502. The Balaban J connectivity index is 1.46. The van der Waals surface area contributed by atoms with E-state index in [-0.39, 0.29) is 11.9 Å². The largest absolute Gasteiger partial charge is 0.444 e. The van der Waals surface area contributed by atoms with E-state index in [0.29, 0.717) is 42.7 Å². The van der Waals surface area contributed by atoms with Crippen LogP contribution in [0.15, 0.2) is 30.7 Å². The lowest BCUT2D eigenvalue weighted by Crippen LogP contribution is -2.44. The van der Waals surface area contributed by atoms with Crippen molar-refractivity contribution in [2.24, 2.45) is 5.92 Å². The molecule has 0 bridgehead atoms. The molecule has 3 aromatic heterocycles. The summed E-state index contributed by atoms with van der Waals surface area (Å²) in [4.78, 5) is 27.6. The van der Waals surface area contributed by atoms with E-state index in [2.05, 4.69) is 20.3 Å². The van der Waals surface area contributed by atoms with Crippen LogP contribution < -0.4 is 5.32 Å². The van der Waals surface area contributed by atoms with Crippen molar-refractivity contribution in [1.29, 1.82) is 0 Å². The van der Waals surface area contributed by atoms with Gasteiger partial charge in [0.15, 0.2) is 5.82 Å². The van der Waals surface area contributed by atoms with Gasteiger partial charge in [-0.15, -0.1) is 0 Å². The molecule has 1 fully saturated rings. The predicted molar refractivity (Wildman–Crippen MR) is 120 cm³/mol. The van der Waals surface area contributed by atoms with E-state index in [1.807, 2.05) is 27.7 Å². The third-order valence-corrected chi connectivity index (χ3v) is 5.40. The molecule has 1 amide bonds. The van der Waals surface area contributed by atoms with Crippen LogP contribution in [-0.4, -0.2) is 55.6 Å². The number of aromatic nitrogens is 4. The lowest BCUT2D eigenvalue weighted by Gasteiger charge is -2.34. The molecule has 3 aromatic rings. The van der Waals surface area contributed by atoms with Crippen LogP contribution in [0.4, 0.5) is 15.0 Å². The van der Waals surface area contributed by atoms with Crippen LogP contribution in [0, 0.1) is 18.7 Å². The Morgan fingerprint density at radius 2 is 2.09 bits per heavy atom. The van der Waals surface area contributed by atoms with Crippen LogP contribution in [-0.2, 0) is 4.74 Å². The van der Waals surface area contributed by atoms with Crippen molar-refractivity contribution < 1.29 is 13.9 Å². The molecule has 0 spiro atoms. The SMILES string of the molecule is Cc1cnc(-c2cnc3ccc(F)cn23)nc1NC[C@H]1CCCN(C(=O)OC(C)(C)C)C1. The van der Waals surface area contributed by atoms with Gasteiger partial charge in [0, 0.05) is 37.6 Å². The van der Waals surface area contributed by atoms with Crippen molar-refractivity contribution in [3.05, 3.63) is 42.1 Å². The fourth-order valence-electron chi connectivity index (χ4n) is 3.83. The van der Waals surface area contributed by atoms with E-state index in [1.165, 1.54) is 12.3 Å². The zero-order valence-electron chi connectivity index (χ0n) is 18.9. The number of carbonyl (C=O) groups is 1. The summed E-state index contributed by atoms with van der Waals surface area (Å²) in [6.07, 6.45) is 6.47. The minimum Gasteiger partial charge on any atom is -0.444 e. The van der Waals surface area contributed by atoms with E-state index in [1.54, 1.807) is 27.8 Å². The molecule has 0 aromatic carbocycles. The van der Waals surface area contributed by atoms with Crippen LogP contribution in [0.1, 0.15) is 39.2 Å². The Morgan fingerprint density at radius 3 is 2.88 bits per heavy atom. The number of amides is 1. The van der Waals surface area contributed by atoms with E-state index in [9.17, 15) is 9.18 Å². The highest BCUT2D eigenvalue weighted by atomic mass is 19.1. The van der Waals surface area contributed by atoms with Gasteiger partial charge in [-0.1, -0.05) is 0 Å². The molecular weight excluding hydrogens is 411 g/mol. The van der Waals surface area contributed by atoms with Crippen LogP contribution in [0.3, 0.4) is 0 Å². The molecule has 9 heteroatoms. The molecule has 4 rings (SSSR count). The molecule has 8 nitrogen and oxygen atoms in total. The number of imidazole rings is 1. The van der Waals surface area contributed by atoms with Gasteiger partial charge in [0.1, 0.15) is 28.6 Å². The number of aryl methyl sites for hydroxylation is 1. The Hall–Kier alpha value is -3.23. The summed E-state index contributed by atoms with van der Waals surface area (Å²) >= 11 is 0. The number of carbonyl (C=O) groups excluding carboxylic acids is 1. The number of rotatable bonds is 4. The number of nitrogens with one attached hydrogen (secondary N) is 1. The molecule has 0 saturated carbocycles. The van der Waals surface area contributed by atoms with Crippen LogP contribution in [0.2, 0.25) is 0 Å². The number of pyridine rings is 1. The van der Waals surface area contributed by atoms with E-state index < -0.39 is 5.60 Å². The third-order valence-electron chi connectivity index (χ3n) is 5.40. The van der Waals surface area contributed by atoms with E-state index in [0.717, 1.165) is 24.2 Å². The average Bonchev–Trinajstić information content (AvgIpc) is 3.15. The first-order valence-electron chi connectivity index (χ1n) is 10.9. The number of hydrogen-bond acceptors (Lipinski definition) is 6. The molecule has 1 aliphatic rings. The molecule has 1 atom stereocenters. The van der Waals surface area contributed by atoms with Gasteiger partial charge >= 0.3 is 6.09 Å². The number of fused-ring (bicyclic) bond motifs is 1. The number of likely N-dealkylation sites (tertiary alicyclic amines) is 1. The lowest BCUT2D eigenvalue weighted by molar-refractivity contribution is 0.0172. The van der Waals surface area contributed by atoms with Gasteiger partial charge in [0.2, 0.25) is 0 Å². The minimum absolute atomic E-state index is 0.262. The average molecular weight is 441 g/mol. The highest BCUT2D eigenvalue weighted by molar-refractivity contribution is 5.68. The van der Waals surface area contributed by atoms with Crippen molar-refractivity contribution >= 4 is 17.6 Å². The first-order valence-corrected chi connectivity index (χ1v) is 10.9. The summed E-state index contributed by atoms with van der Waals surface area (Å²) in [6.45, 7) is 9.61. The number of nitrogens with zero attached hydrogens (tertiary/aromatic N) is 5. The van der Waals surface area contributed by atoms with Crippen LogP contribution >= 0.6 is 0 Å². The van der Waals surface area contributed by atoms with Gasteiger partial charge in [-0.05, 0) is 58.6 Å². The van der Waals surface area contributed by atoms with E-state index in [4.69, 9.17) is 4.74 Å². The second-order valence-corrected chi connectivity index (χ2v) is 9.26. The first kappa shape index (κ1) is 22.0. The maximum Gasteiger partial charge on any atom is 0.410 e. The highest BCUT2D eigenvalue weighted by Gasteiger charge is 2.27. The topological polar surface area (TPSA) is 84.7 Å². The first-order chi connectivity index (χ1) is 15.2. The second-order valence-electron chi connectivity index (χ2n) is 9.26. The van der Waals surface area contributed by atoms with Crippen LogP contribution in [0.25, 0.3) is 17.2 Å². The quantitative estimate of drug-likeness (QED) is 0.651. The summed E-state index contributed by atoms with van der Waals surface area (Å²) in [5.74, 6) is 1.12. The second kappa shape index (κ2) is 8.72. The van der Waals surface area contributed by atoms with Crippen molar-refractivity contribution in [2.45, 2.75) is 46.1 Å². The summed E-state index contributed by atoms with van der Waals surface area (Å²) < 4.78 is 20.9. The molecule has 170 valence electrons. The molecule has 1 aliphatic heterocycles. The number of ether oxygens (including phenoxy) is 1. The summed E-state index contributed by atoms with van der Waals surface area (Å²) in [5, 5.41) is 3.42. The number of piperidine rings is 1. The van der Waals surface area contributed by atoms with Gasteiger partial charge < -0.3 is 15.0 Å². The van der Waals surface area contributed by atoms with Crippen LogP contribution in [0.5, 0.6) is 0 Å². The summed E-state index contributed by atoms with van der Waals surface area (Å²) in [7, 11) is 0. The fraction of sp³-hybridized carbons (Fsp3) is 0.478. The van der Waals surface area contributed by atoms with Gasteiger partial charge in [-0.3, -0.25) is 4.40 Å². The zero-order chi connectivity index (χ0) is 22.9. The van der Waals surface area contributed by atoms with Gasteiger partial charge in [-0.25, -0.2) is 24.1 Å². The van der Waals surface area contributed by atoms with E-state index >= 15 is 0 Å². The molecule has 4 heterocycles. The predicted octanol–water partition coefficient (Wildman–Crippen LogP) is 4.30. The fourth-order valence-corrected chi connectivity index (χ4v) is 3.83. The normalized spacial score (nSPS) is 16.9. The molecule has 0 unspecified atom stereocenters. The molecular formula is C23H29FN6O2. The Kier molecular flexibility index (Phi) is 5.99. The Morgan fingerprint density at radius 1 is 1.28 bits per heavy atom.